The van der Waals surface area contributed by atoms with Gasteiger partial charge in [-0.3, -0.25) is 4.98 Å². The van der Waals surface area contributed by atoms with Crippen LogP contribution in [0.4, 0.5) is 5.69 Å². The van der Waals surface area contributed by atoms with E-state index in [0.29, 0.717) is 11.3 Å². The van der Waals surface area contributed by atoms with E-state index in [1.807, 2.05) is 41.9 Å². The van der Waals surface area contributed by atoms with E-state index in [9.17, 15) is 5.26 Å². The van der Waals surface area contributed by atoms with Crippen molar-refractivity contribution in [1.29, 1.82) is 5.26 Å². The first kappa shape index (κ1) is 11.3. The molecule has 0 aliphatic carbocycles. The van der Waals surface area contributed by atoms with Crippen molar-refractivity contribution in [2.45, 2.75) is 0 Å². The van der Waals surface area contributed by atoms with E-state index in [4.69, 9.17) is 5.73 Å². The molecule has 3 aromatic rings. The molecule has 2 N–H and O–H groups in total. The molecular formula is C15H12N4. The molecule has 0 amide bonds. The largest absolute Gasteiger partial charge is 0.397 e. The first-order valence-electron chi connectivity index (χ1n) is 5.91. The van der Waals surface area contributed by atoms with Crippen molar-refractivity contribution in [1.82, 2.24) is 9.55 Å². The Balaban J connectivity index is 2.42. The maximum atomic E-state index is 9.45. The lowest BCUT2D eigenvalue weighted by Crippen LogP contribution is -1.95. The van der Waals surface area contributed by atoms with E-state index >= 15 is 0 Å². The van der Waals surface area contributed by atoms with Gasteiger partial charge in [0.05, 0.1) is 16.9 Å². The number of aryl methyl sites for hydroxylation is 1. The lowest BCUT2D eigenvalue weighted by Gasteiger charge is -2.05. The zero-order valence-corrected chi connectivity index (χ0v) is 10.5. The minimum absolute atomic E-state index is 0.589. The van der Waals surface area contributed by atoms with Gasteiger partial charge in [0.15, 0.2) is 0 Å². The van der Waals surface area contributed by atoms with Crippen LogP contribution in [0.5, 0.6) is 0 Å². The highest BCUT2D eigenvalue weighted by Crippen LogP contribution is 2.32. The summed E-state index contributed by atoms with van der Waals surface area (Å²) in [7, 11) is 1.95. The third kappa shape index (κ3) is 1.64. The Labute approximate surface area is 110 Å². The highest BCUT2D eigenvalue weighted by molar-refractivity contribution is 5.94. The second-order valence-electron chi connectivity index (χ2n) is 4.42. The molecule has 0 aliphatic heterocycles. The molecule has 0 unspecified atom stereocenters. The Morgan fingerprint density at radius 1 is 1.26 bits per heavy atom. The number of para-hydroxylation sites is 1. The highest BCUT2D eigenvalue weighted by Gasteiger charge is 2.16. The highest BCUT2D eigenvalue weighted by atomic mass is 15.0. The van der Waals surface area contributed by atoms with Gasteiger partial charge in [0.2, 0.25) is 0 Å². The number of hydrogen-bond acceptors (Lipinski definition) is 3. The minimum Gasteiger partial charge on any atom is -0.397 e. The van der Waals surface area contributed by atoms with Crippen LogP contribution in [0, 0.1) is 11.3 Å². The number of hydrogen-bond donors (Lipinski definition) is 1. The van der Waals surface area contributed by atoms with Crippen LogP contribution in [0.3, 0.4) is 0 Å². The predicted molar refractivity (Wildman–Crippen MR) is 75.3 cm³/mol. The maximum Gasteiger partial charge on any atom is 0.102 e. The normalized spacial score (nSPS) is 10.5. The summed E-state index contributed by atoms with van der Waals surface area (Å²) in [5.41, 5.74) is 9.76. The molecule has 0 fully saturated rings. The predicted octanol–water partition coefficient (Wildman–Crippen LogP) is 2.69. The number of rotatable bonds is 1. The summed E-state index contributed by atoms with van der Waals surface area (Å²) < 4.78 is 2.00. The van der Waals surface area contributed by atoms with Crippen LogP contribution in [-0.4, -0.2) is 9.55 Å². The first-order valence-corrected chi connectivity index (χ1v) is 5.91. The fourth-order valence-corrected chi connectivity index (χ4v) is 2.43. The molecule has 0 spiro atoms. The molecule has 4 nitrogen and oxygen atoms in total. The summed E-state index contributed by atoms with van der Waals surface area (Å²) in [4.78, 5) is 4.10. The summed E-state index contributed by atoms with van der Waals surface area (Å²) >= 11 is 0. The molecule has 4 heteroatoms. The van der Waals surface area contributed by atoms with Crippen molar-refractivity contribution in [3.05, 3.63) is 48.3 Å². The van der Waals surface area contributed by atoms with E-state index in [-0.39, 0.29) is 0 Å². The SMILES string of the molecule is Cn1c(-c2cncc(N)c2)c(C#N)c2ccccc21. The van der Waals surface area contributed by atoms with E-state index in [1.54, 1.807) is 12.4 Å². The van der Waals surface area contributed by atoms with Crippen molar-refractivity contribution >= 4 is 16.6 Å². The molecule has 0 aliphatic rings. The Morgan fingerprint density at radius 3 is 2.79 bits per heavy atom. The zero-order valence-electron chi connectivity index (χ0n) is 10.5. The van der Waals surface area contributed by atoms with Gasteiger partial charge in [-0.2, -0.15) is 5.26 Å². The second-order valence-corrected chi connectivity index (χ2v) is 4.42. The number of fused-ring (bicyclic) bond motifs is 1. The van der Waals surface area contributed by atoms with Crippen LogP contribution in [-0.2, 0) is 7.05 Å². The fraction of sp³-hybridized carbons (Fsp3) is 0.0667. The molecule has 1 aromatic carbocycles. The summed E-state index contributed by atoms with van der Waals surface area (Å²) in [6, 6.07) is 12.0. The quantitative estimate of drug-likeness (QED) is 0.720. The number of nitrogen functional groups attached to an aromatic ring is 1. The van der Waals surface area contributed by atoms with Gasteiger partial charge in [-0.05, 0) is 12.1 Å². The summed E-state index contributed by atoms with van der Waals surface area (Å²) in [6.45, 7) is 0. The number of nitrogens with two attached hydrogens (primary N) is 1. The molecule has 0 atom stereocenters. The monoisotopic (exact) mass is 248 g/mol. The Bertz CT molecular complexity index is 809. The number of pyridine rings is 1. The summed E-state index contributed by atoms with van der Waals surface area (Å²) in [6.07, 6.45) is 3.32. The number of anilines is 1. The number of nitriles is 1. The van der Waals surface area contributed by atoms with Crippen molar-refractivity contribution < 1.29 is 0 Å². The van der Waals surface area contributed by atoms with Crippen molar-refractivity contribution in [2.24, 2.45) is 7.05 Å². The minimum atomic E-state index is 0.589. The van der Waals surface area contributed by atoms with Crippen LogP contribution < -0.4 is 5.73 Å². The van der Waals surface area contributed by atoms with E-state index in [1.165, 1.54) is 0 Å². The van der Waals surface area contributed by atoms with Gasteiger partial charge in [0, 0.05) is 35.9 Å². The molecule has 19 heavy (non-hydrogen) atoms. The van der Waals surface area contributed by atoms with Gasteiger partial charge in [-0.15, -0.1) is 0 Å². The van der Waals surface area contributed by atoms with E-state index < -0.39 is 0 Å². The topological polar surface area (TPSA) is 67.6 Å². The zero-order chi connectivity index (χ0) is 13.4. The number of nitrogens with zero attached hydrogens (tertiary/aromatic N) is 3. The Morgan fingerprint density at radius 2 is 2.05 bits per heavy atom. The van der Waals surface area contributed by atoms with Gasteiger partial charge in [-0.25, -0.2) is 0 Å². The molecule has 0 radical (unpaired) electrons. The van der Waals surface area contributed by atoms with Crippen LogP contribution in [0.15, 0.2) is 42.7 Å². The van der Waals surface area contributed by atoms with Crippen molar-refractivity contribution in [2.75, 3.05) is 5.73 Å². The summed E-state index contributed by atoms with van der Waals surface area (Å²) in [5.74, 6) is 0. The Kier molecular flexibility index (Phi) is 2.46. The molecule has 0 saturated carbocycles. The second kappa shape index (κ2) is 4.14. The summed E-state index contributed by atoms with van der Waals surface area (Å²) in [5, 5.41) is 10.4. The smallest absolute Gasteiger partial charge is 0.102 e. The van der Waals surface area contributed by atoms with Gasteiger partial charge < -0.3 is 10.3 Å². The first-order chi connectivity index (χ1) is 9.22. The maximum absolute atomic E-state index is 9.45. The molecule has 92 valence electrons. The number of aromatic nitrogens is 2. The average Bonchev–Trinajstić information content (AvgIpc) is 2.72. The van der Waals surface area contributed by atoms with Crippen LogP contribution in [0.1, 0.15) is 5.56 Å². The molecule has 0 saturated heterocycles. The van der Waals surface area contributed by atoms with Gasteiger partial charge in [0.25, 0.3) is 0 Å². The Hall–Kier alpha value is -2.80. The van der Waals surface area contributed by atoms with Crippen LogP contribution in [0.2, 0.25) is 0 Å². The standard InChI is InChI=1S/C15H12N4/c1-19-14-5-3-2-4-12(14)13(7-16)15(19)10-6-11(17)9-18-8-10/h2-6,8-9H,17H2,1H3. The van der Waals surface area contributed by atoms with Crippen molar-refractivity contribution in [3.63, 3.8) is 0 Å². The molecular weight excluding hydrogens is 236 g/mol. The molecule has 3 rings (SSSR count). The van der Waals surface area contributed by atoms with Crippen molar-refractivity contribution in [3.8, 4) is 17.3 Å². The average molecular weight is 248 g/mol. The van der Waals surface area contributed by atoms with Gasteiger partial charge >= 0.3 is 0 Å². The van der Waals surface area contributed by atoms with E-state index in [0.717, 1.165) is 22.2 Å². The fourth-order valence-electron chi connectivity index (χ4n) is 2.43. The third-order valence-electron chi connectivity index (χ3n) is 3.25. The van der Waals surface area contributed by atoms with Crippen LogP contribution >= 0.6 is 0 Å². The number of benzene rings is 1. The molecule has 2 aromatic heterocycles. The van der Waals surface area contributed by atoms with Gasteiger partial charge in [0.1, 0.15) is 6.07 Å². The third-order valence-corrected chi connectivity index (χ3v) is 3.25. The lowest BCUT2D eigenvalue weighted by molar-refractivity contribution is 0.975. The van der Waals surface area contributed by atoms with Crippen LogP contribution in [0.25, 0.3) is 22.2 Å². The van der Waals surface area contributed by atoms with E-state index in [2.05, 4.69) is 11.1 Å². The van der Waals surface area contributed by atoms with Gasteiger partial charge in [-0.1, -0.05) is 18.2 Å². The molecule has 0 bridgehead atoms. The lowest BCUT2D eigenvalue weighted by atomic mass is 10.1. The molecule has 2 heterocycles.